The molecule has 154 valence electrons. The number of amides is 1. The molecule has 0 unspecified atom stereocenters. The number of ether oxygens (including phenoxy) is 2. The Balaban J connectivity index is 2.01. The van der Waals surface area contributed by atoms with Crippen LogP contribution >= 0.6 is 11.6 Å². The van der Waals surface area contributed by atoms with E-state index in [-0.39, 0.29) is 12.3 Å². The van der Waals surface area contributed by atoms with E-state index in [1.54, 1.807) is 36.4 Å². The zero-order valence-electron chi connectivity index (χ0n) is 16.6. The van der Waals surface area contributed by atoms with Crippen molar-refractivity contribution < 1.29 is 24.2 Å². The first-order valence-corrected chi connectivity index (χ1v) is 9.55. The summed E-state index contributed by atoms with van der Waals surface area (Å²) in [7, 11) is 0. The molecule has 0 aromatic heterocycles. The van der Waals surface area contributed by atoms with E-state index in [0.717, 1.165) is 17.5 Å². The van der Waals surface area contributed by atoms with E-state index >= 15 is 0 Å². The van der Waals surface area contributed by atoms with Gasteiger partial charge in [-0.1, -0.05) is 30.7 Å². The van der Waals surface area contributed by atoms with E-state index in [4.69, 9.17) is 21.1 Å². The number of carbonyl (C=O) groups excluding carboxylic acids is 1. The number of carboxylic acid groups (broad SMARTS) is 1. The second kappa shape index (κ2) is 10.5. The molecule has 7 heteroatoms. The van der Waals surface area contributed by atoms with Crippen LogP contribution in [-0.4, -0.2) is 30.2 Å². The number of benzene rings is 2. The largest absolute Gasteiger partial charge is 0.494 e. The fourth-order valence-corrected chi connectivity index (χ4v) is 2.63. The molecule has 1 amide bonds. The van der Waals surface area contributed by atoms with Crippen LogP contribution in [0.1, 0.15) is 30.0 Å². The Morgan fingerprint density at radius 3 is 2.24 bits per heavy atom. The monoisotopic (exact) mass is 417 g/mol. The van der Waals surface area contributed by atoms with Crippen molar-refractivity contribution in [2.45, 2.75) is 27.2 Å². The van der Waals surface area contributed by atoms with Crippen molar-refractivity contribution in [2.75, 3.05) is 13.2 Å². The van der Waals surface area contributed by atoms with Gasteiger partial charge in [0.15, 0.2) is 6.61 Å². The molecule has 6 nitrogen and oxygen atoms in total. The van der Waals surface area contributed by atoms with Gasteiger partial charge >= 0.3 is 5.97 Å². The molecule has 0 heterocycles. The number of nitrogens with one attached hydrogen (secondary N) is 1. The van der Waals surface area contributed by atoms with E-state index in [1.807, 2.05) is 20.8 Å². The Bertz CT molecular complexity index is 883. The first-order chi connectivity index (χ1) is 13.8. The molecule has 2 rings (SSSR count). The van der Waals surface area contributed by atoms with E-state index in [1.165, 1.54) is 6.08 Å². The maximum absolute atomic E-state index is 12.1. The fraction of sp³-hybridized carbons (Fsp3) is 0.273. The molecule has 29 heavy (non-hydrogen) atoms. The third-order valence-corrected chi connectivity index (χ3v) is 4.54. The highest BCUT2D eigenvalue weighted by atomic mass is 35.5. The number of aliphatic carboxylic acids is 1. The van der Waals surface area contributed by atoms with E-state index in [9.17, 15) is 14.7 Å². The van der Waals surface area contributed by atoms with Crippen LogP contribution in [0.4, 0.5) is 0 Å². The standard InChI is InChI=1S/C22H24ClNO5/c1-4-9-28-17-7-5-16(6-8-17)12-19(22(26)27)24-20(25)13-29-18-10-14(2)21(23)15(3)11-18/h5-8,10-12H,4,9,13H2,1-3H3,(H,24,25)(H,26,27)/b19-12+. The third-order valence-electron chi connectivity index (χ3n) is 3.95. The lowest BCUT2D eigenvalue weighted by Crippen LogP contribution is -2.31. The van der Waals surface area contributed by atoms with Gasteiger partial charge < -0.3 is 19.9 Å². The molecular formula is C22H24ClNO5. The van der Waals surface area contributed by atoms with Crippen molar-refractivity contribution >= 4 is 29.6 Å². The van der Waals surface area contributed by atoms with Crippen molar-refractivity contribution in [3.8, 4) is 11.5 Å². The SMILES string of the molecule is CCCOc1ccc(/C=C(/NC(=O)COc2cc(C)c(Cl)c(C)c2)C(=O)O)cc1. The van der Waals surface area contributed by atoms with Crippen molar-refractivity contribution in [1.82, 2.24) is 5.32 Å². The van der Waals surface area contributed by atoms with Gasteiger partial charge in [-0.25, -0.2) is 4.79 Å². The molecule has 0 saturated carbocycles. The minimum Gasteiger partial charge on any atom is -0.494 e. The van der Waals surface area contributed by atoms with Gasteiger partial charge in [0.1, 0.15) is 17.2 Å². The van der Waals surface area contributed by atoms with Crippen LogP contribution in [0.2, 0.25) is 5.02 Å². The highest BCUT2D eigenvalue weighted by molar-refractivity contribution is 6.32. The van der Waals surface area contributed by atoms with Gasteiger partial charge in [0.05, 0.1) is 6.61 Å². The Hall–Kier alpha value is -2.99. The van der Waals surface area contributed by atoms with Crippen molar-refractivity contribution in [1.29, 1.82) is 0 Å². The average Bonchev–Trinajstić information content (AvgIpc) is 2.69. The summed E-state index contributed by atoms with van der Waals surface area (Å²) in [6, 6.07) is 10.4. The minimum absolute atomic E-state index is 0.246. The Morgan fingerprint density at radius 1 is 1.07 bits per heavy atom. The Kier molecular flexibility index (Phi) is 8.09. The van der Waals surface area contributed by atoms with Crippen LogP contribution in [0.3, 0.4) is 0 Å². The van der Waals surface area contributed by atoms with Crippen LogP contribution in [0.15, 0.2) is 42.1 Å². The molecule has 2 aromatic carbocycles. The number of rotatable bonds is 9. The molecule has 0 radical (unpaired) electrons. The maximum Gasteiger partial charge on any atom is 0.352 e. The van der Waals surface area contributed by atoms with Gasteiger partial charge in [-0.3, -0.25) is 4.79 Å². The zero-order valence-corrected chi connectivity index (χ0v) is 17.4. The summed E-state index contributed by atoms with van der Waals surface area (Å²) in [6.45, 7) is 5.98. The lowest BCUT2D eigenvalue weighted by Gasteiger charge is -2.11. The highest BCUT2D eigenvalue weighted by Crippen LogP contribution is 2.25. The second-order valence-corrected chi connectivity index (χ2v) is 6.87. The maximum atomic E-state index is 12.1. The molecule has 0 bridgehead atoms. The second-order valence-electron chi connectivity index (χ2n) is 6.49. The van der Waals surface area contributed by atoms with Gasteiger partial charge in [-0.2, -0.15) is 0 Å². The number of carboxylic acids is 1. The Labute approximate surface area is 175 Å². The molecule has 2 aromatic rings. The van der Waals surface area contributed by atoms with Crippen LogP contribution in [0.5, 0.6) is 11.5 Å². The van der Waals surface area contributed by atoms with Crippen LogP contribution in [-0.2, 0) is 9.59 Å². The number of halogens is 1. The summed E-state index contributed by atoms with van der Waals surface area (Å²) >= 11 is 6.11. The lowest BCUT2D eigenvalue weighted by atomic mass is 10.1. The summed E-state index contributed by atoms with van der Waals surface area (Å²) in [5, 5.41) is 12.4. The quantitative estimate of drug-likeness (QED) is 0.592. The van der Waals surface area contributed by atoms with E-state index in [2.05, 4.69) is 5.32 Å². The zero-order chi connectivity index (χ0) is 21.4. The van der Waals surface area contributed by atoms with Crippen LogP contribution in [0.25, 0.3) is 6.08 Å². The summed E-state index contributed by atoms with van der Waals surface area (Å²) in [4.78, 5) is 23.6. The summed E-state index contributed by atoms with van der Waals surface area (Å²) in [6.07, 6.45) is 2.27. The molecule has 2 N–H and O–H groups in total. The normalized spacial score (nSPS) is 11.1. The molecule has 0 aliphatic rings. The molecular weight excluding hydrogens is 394 g/mol. The predicted octanol–water partition coefficient (Wildman–Crippen LogP) is 4.37. The first-order valence-electron chi connectivity index (χ1n) is 9.17. The van der Waals surface area contributed by atoms with Gasteiger partial charge in [-0.05, 0) is 67.3 Å². The van der Waals surface area contributed by atoms with Gasteiger partial charge in [0.25, 0.3) is 5.91 Å². The number of hydrogen-bond donors (Lipinski definition) is 2. The summed E-state index contributed by atoms with van der Waals surface area (Å²) in [5.74, 6) is -0.635. The summed E-state index contributed by atoms with van der Waals surface area (Å²) in [5.41, 5.74) is 2.04. The molecule has 0 atom stereocenters. The average molecular weight is 418 g/mol. The van der Waals surface area contributed by atoms with Gasteiger partial charge in [0.2, 0.25) is 0 Å². The molecule has 0 aliphatic heterocycles. The predicted molar refractivity (Wildman–Crippen MR) is 112 cm³/mol. The fourth-order valence-electron chi connectivity index (χ4n) is 2.52. The van der Waals surface area contributed by atoms with Crippen LogP contribution in [0, 0.1) is 13.8 Å². The number of carbonyl (C=O) groups is 2. The number of aryl methyl sites for hydroxylation is 2. The molecule has 0 fully saturated rings. The molecule has 0 aliphatic carbocycles. The molecule has 0 spiro atoms. The highest BCUT2D eigenvalue weighted by Gasteiger charge is 2.13. The van der Waals surface area contributed by atoms with Gasteiger partial charge in [-0.15, -0.1) is 0 Å². The molecule has 0 saturated heterocycles. The van der Waals surface area contributed by atoms with Crippen molar-refractivity contribution in [2.24, 2.45) is 0 Å². The van der Waals surface area contributed by atoms with E-state index < -0.39 is 11.9 Å². The van der Waals surface area contributed by atoms with Crippen molar-refractivity contribution in [3.63, 3.8) is 0 Å². The van der Waals surface area contributed by atoms with Crippen molar-refractivity contribution in [3.05, 3.63) is 63.8 Å². The Morgan fingerprint density at radius 2 is 1.69 bits per heavy atom. The topological polar surface area (TPSA) is 84.9 Å². The third kappa shape index (κ3) is 6.84. The van der Waals surface area contributed by atoms with Crippen LogP contribution < -0.4 is 14.8 Å². The first kappa shape index (κ1) is 22.3. The summed E-state index contributed by atoms with van der Waals surface area (Å²) < 4.78 is 11.0. The van der Waals surface area contributed by atoms with E-state index in [0.29, 0.717) is 28.7 Å². The van der Waals surface area contributed by atoms with Gasteiger partial charge in [0, 0.05) is 5.02 Å². The number of hydrogen-bond acceptors (Lipinski definition) is 4. The lowest BCUT2D eigenvalue weighted by molar-refractivity contribution is -0.134. The smallest absolute Gasteiger partial charge is 0.352 e. The minimum atomic E-state index is -1.25.